The Morgan fingerprint density at radius 3 is 2.38 bits per heavy atom. The first-order valence-corrected chi connectivity index (χ1v) is 7.27. The summed E-state index contributed by atoms with van der Waals surface area (Å²) in [6, 6.07) is 7.27. The van der Waals surface area contributed by atoms with Crippen molar-refractivity contribution in [2.45, 2.75) is 19.4 Å². The van der Waals surface area contributed by atoms with E-state index in [1.54, 1.807) is 23.1 Å². The number of hydrogen-bond acceptors (Lipinski definition) is 2. The SMILES string of the molecule is C=CCN(Cc1ccc(Cl)cc1)C(=O)[C@H]1CC[C@H]1C(=O)O. The summed E-state index contributed by atoms with van der Waals surface area (Å²) < 4.78 is 0. The second-order valence-electron chi connectivity index (χ2n) is 5.26. The zero-order valence-corrected chi connectivity index (χ0v) is 12.4. The summed E-state index contributed by atoms with van der Waals surface area (Å²) >= 11 is 5.85. The van der Waals surface area contributed by atoms with Gasteiger partial charge in [0.1, 0.15) is 0 Å². The molecule has 0 spiro atoms. The number of carboxylic acid groups (broad SMARTS) is 1. The molecule has 0 saturated heterocycles. The van der Waals surface area contributed by atoms with Crippen LogP contribution in [-0.4, -0.2) is 28.4 Å². The molecule has 0 bridgehead atoms. The number of rotatable bonds is 6. The number of aliphatic carboxylic acids is 1. The molecule has 21 heavy (non-hydrogen) atoms. The highest BCUT2D eigenvalue weighted by Gasteiger charge is 2.42. The molecule has 0 heterocycles. The highest BCUT2D eigenvalue weighted by Crippen LogP contribution is 2.36. The Hall–Kier alpha value is -1.81. The number of hydrogen-bond donors (Lipinski definition) is 1. The van der Waals surface area contributed by atoms with Gasteiger partial charge in [0.2, 0.25) is 5.91 Å². The number of halogens is 1. The van der Waals surface area contributed by atoms with Gasteiger partial charge in [-0.3, -0.25) is 9.59 Å². The van der Waals surface area contributed by atoms with E-state index in [1.165, 1.54) is 0 Å². The van der Waals surface area contributed by atoms with Crippen LogP contribution in [0.25, 0.3) is 0 Å². The van der Waals surface area contributed by atoms with E-state index in [0.29, 0.717) is 31.0 Å². The molecule has 0 radical (unpaired) electrons. The molecular weight excluding hydrogens is 290 g/mol. The third-order valence-electron chi connectivity index (χ3n) is 3.86. The molecule has 1 amide bonds. The molecule has 1 aromatic carbocycles. The molecule has 2 rings (SSSR count). The van der Waals surface area contributed by atoms with Gasteiger partial charge in [-0.15, -0.1) is 6.58 Å². The monoisotopic (exact) mass is 307 g/mol. The van der Waals surface area contributed by atoms with Crippen molar-refractivity contribution in [2.24, 2.45) is 11.8 Å². The quantitative estimate of drug-likeness (QED) is 0.822. The van der Waals surface area contributed by atoms with Gasteiger partial charge in [-0.2, -0.15) is 0 Å². The first-order chi connectivity index (χ1) is 10.0. The average Bonchev–Trinajstić information content (AvgIpc) is 2.38. The van der Waals surface area contributed by atoms with Crippen LogP contribution in [0.3, 0.4) is 0 Å². The molecule has 112 valence electrons. The van der Waals surface area contributed by atoms with E-state index in [0.717, 1.165) is 5.56 Å². The largest absolute Gasteiger partial charge is 0.481 e. The van der Waals surface area contributed by atoms with Crippen LogP contribution in [0.2, 0.25) is 5.02 Å². The van der Waals surface area contributed by atoms with Crippen molar-refractivity contribution < 1.29 is 14.7 Å². The molecule has 0 aliphatic heterocycles. The third-order valence-corrected chi connectivity index (χ3v) is 4.11. The molecule has 5 heteroatoms. The van der Waals surface area contributed by atoms with Crippen LogP contribution in [0.1, 0.15) is 18.4 Å². The summed E-state index contributed by atoms with van der Waals surface area (Å²) in [7, 11) is 0. The zero-order valence-electron chi connectivity index (χ0n) is 11.7. The molecule has 4 nitrogen and oxygen atoms in total. The number of carbonyl (C=O) groups excluding carboxylic acids is 1. The van der Waals surface area contributed by atoms with Gasteiger partial charge in [-0.05, 0) is 30.5 Å². The Bertz CT molecular complexity index is 541. The van der Waals surface area contributed by atoms with Crippen molar-refractivity contribution in [3.63, 3.8) is 0 Å². The maximum atomic E-state index is 12.5. The lowest BCUT2D eigenvalue weighted by molar-refractivity contribution is -0.156. The van der Waals surface area contributed by atoms with Gasteiger partial charge in [0.05, 0.1) is 11.8 Å². The van der Waals surface area contributed by atoms with E-state index in [9.17, 15) is 9.59 Å². The second-order valence-corrected chi connectivity index (χ2v) is 5.70. The van der Waals surface area contributed by atoms with Crippen molar-refractivity contribution in [1.29, 1.82) is 0 Å². The van der Waals surface area contributed by atoms with Gasteiger partial charge in [0.15, 0.2) is 0 Å². The number of nitrogens with zero attached hydrogens (tertiary/aromatic N) is 1. The van der Waals surface area contributed by atoms with Gasteiger partial charge in [-0.1, -0.05) is 29.8 Å². The van der Waals surface area contributed by atoms with Gasteiger partial charge in [-0.25, -0.2) is 0 Å². The van der Waals surface area contributed by atoms with Gasteiger partial charge >= 0.3 is 5.97 Å². The minimum Gasteiger partial charge on any atom is -0.481 e. The number of carboxylic acids is 1. The van der Waals surface area contributed by atoms with E-state index >= 15 is 0 Å². The fraction of sp³-hybridized carbons (Fsp3) is 0.375. The first kappa shape index (κ1) is 15.6. The van der Waals surface area contributed by atoms with Crippen molar-refractivity contribution in [3.8, 4) is 0 Å². The smallest absolute Gasteiger partial charge is 0.307 e. The number of benzene rings is 1. The molecule has 0 unspecified atom stereocenters. The van der Waals surface area contributed by atoms with Crippen LogP contribution in [0.4, 0.5) is 0 Å². The minimum absolute atomic E-state index is 0.108. The van der Waals surface area contributed by atoms with E-state index in [1.807, 2.05) is 12.1 Å². The van der Waals surface area contributed by atoms with Crippen LogP contribution < -0.4 is 0 Å². The summed E-state index contributed by atoms with van der Waals surface area (Å²) in [4.78, 5) is 25.2. The maximum absolute atomic E-state index is 12.5. The molecule has 1 saturated carbocycles. The van der Waals surface area contributed by atoms with Crippen LogP contribution in [0.5, 0.6) is 0 Å². The molecule has 1 aliphatic carbocycles. The fourth-order valence-electron chi connectivity index (χ4n) is 2.52. The Morgan fingerprint density at radius 1 is 1.29 bits per heavy atom. The molecule has 1 N–H and O–H groups in total. The molecular formula is C16H18ClNO3. The number of amides is 1. The molecule has 1 fully saturated rings. The Kier molecular flexibility index (Phi) is 5.02. The van der Waals surface area contributed by atoms with Gasteiger partial charge in [0.25, 0.3) is 0 Å². The van der Waals surface area contributed by atoms with E-state index < -0.39 is 17.8 Å². The average molecular weight is 308 g/mol. The van der Waals surface area contributed by atoms with Crippen molar-refractivity contribution in [2.75, 3.05) is 6.54 Å². The first-order valence-electron chi connectivity index (χ1n) is 6.90. The van der Waals surface area contributed by atoms with E-state index in [2.05, 4.69) is 6.58 Å². The lowest BCUT2D eigenvalue weighted by Crippen LogP contribution is -2.45. The van der Waals surface area contributed by atoms with Crippen LogP contribution in [-0.2, 0) is 16.1 Å². The lowest BCUT2D eigenvalue weighted by Gasteiger charge is -2.36. The minimum atomic E-state index is -0.885. The summed E-state index contributed by atoms with van der Waals surface area (Å²) in [5, 5.41) is 9.72. The predicted molar refractivity (Wildman–Crippen MR) is 80.9 cm³/mol. The zero-order chi connectivity index (χ0) is 15.4. The summed E-state index contributed by atoms with van der Waals surface area (Å²) in [5.41, 5.74) is 0.959. The highest BCUT2D eigenvalue weighted by molar-refractivity contribution is 6.30. The van der Waals surface area contributed by atoms with Crippen LogP contribution >= 0.6 is 11.6 Å². The Labute approximate surface area is 129 Å². The molecule has 2 atom stereocenters. The van der Waals surface area contributed by atoms with Crippen molar-refractivity contribution in [1.82, 2.24) is 4.90 Å². The predicted octanol–water partition coefficient (Wildman–Crippen LogP) is 2.97. The lowest BCUT2D eigenvalue weighted by atomic mass is 9.73. The van der Waals surface area contributed by atoms with Crippen LogP contribution in [0, 0.1) is 11.8 Å². The summed E-state index contributed by atoms with van der Waals surface area (Å²) in [5.74, 6) is -1.95. The standard InChI is InChI=1S/C16H18ClNO3/c1-2-9-18(10-11-3-5-12(17)6-4-11)15(19)13-7-8-14(13)16(20)21/h2-6,13-14H,1,7-10H2,(H,20,21)/t13-,14+/m0/s1. The summed E-state index contributed by atoms with van der Waals surface area (Å²) in [6.45, 7) is 4.51. The third kappa shape index (κ3) is 3.64. The summed E-state index contributed by atoms with van der Waals surface area (Å²) in [6.07, 6.45) is 2.88. The fourth-order valence-corrected chi connectivity index (χ4v) is 2.65. The molecule has 1 aromatic rings. The van der Waals surface area contributed by atoms with Gasteiger partial charge < -0.3 is 10.0 Å². The normalized spacial score (nSPS) is 20.4. The second kappa shape index (κ2) is 6.76. The Morgan fingerprint density at radius 2 is 1.90 bits per heavy atom. The van der Waals surface area contributed by atoms with Gasteiger partial charge in [0, 0.05) is 18.1 Å². The maximum Gasteiger partial charge on any atom is 0.307 e. The number of carbonyl (C=O) groups is 2. The highest BCUT2D eigenvalue weighted by atomic mass is 35.5. The van der Waals surface area contributed by atoms with E-state index in [-0.39, 0.29) is 5.91 Å². The van der Waals surface area contributed by atoms with Crippen molar-refractivity contribution >= 4 is 23.5 Å². The van der Waals surface area contributed by atoms with Crippen LogP contribution in [0.15, 0.2) is 36.9 Å². The van der Waals surface area contributed by atoms with Crippen molar-refractivity contribution in [3.05, 3.63) is 47.5 Å². The molecule has 1 aliphatic rings. The van der Waals surface area contributed by atoms with E-state index in [4.69, 9.17) is 16.7 Å². The Balaban J connectivity index is 2.07. The molecule has 0 aromatic heterocycles. The topological polar surface area (TPSA) is 57.6 Å².